The van der Waals surface area contributed by atoms with Gasteiger partial charge in [0.2, 0.25) is 0 Å². The molecule has 1 unspecified atom stereocenters. The molecular formula is C19H24ClN3O3. The van der Waals surface area contributed by atoms with Crippen LogP contribution in [0.1, 0.15) is 22.7 Å². The highest BCUT2D eigenvalue weighted by Crippen LogP contribution is 2.32. The smallest absolute Gasteiger partial charge is 0.272 e. The van der Waals surface area contributed by atoms with E-state index in [0.717, 1.165) is 42.1 Å². The summed E-state index contributed by atoms with van der Waals surface area (Å²) in [7, 11) is 1.68. The molecule has 0 radical (unpaired) electrons. The SMILES string of the molecule is COc1ccccc1C1CNCCN1Cc1cccc([N+](=O)[O-])c1C.Cl. The van der Waals surface area contributed by atoms with Crippen LogP contribution in [0.3, 0.4) is 0 Å². The average molecular weight is 378 g/mol. The highest BCUT2D eigenvalue weighted by atomic mass is 35.5. The lowest BCUT2D eigenvalue weighted by Crippen LogP contribution is -2.45. The summed E-state index contributed by atoms with van der Waals surface area (Å²) in [5.41, 5.74) is 3.06. The number of hydrogen-bond donors (Lipinski definition) is 1. The van der Waals surface area contributed by atoms with Crippen LogP contribution >= 0.6 is 12.4 Å². The Bertz CT molecular complexity index is 769. The van der Waals surface area contributed by atoms with Gasteiger partial charge in [-0.1, -0.05) is 30.3 Å². The Morgan fingerprint density at radius 3 is 2.77 bits per heavy atom. The monoisotopic (exact) mass is 377 g/mol. The molecule has 1 aliphatic heterocycles. The van der Waals surface area contributed by atoms with Crippen molar-refractivity contribution >= 4 is 18.1 Å². The fourth-order valence-electron chi connectivity index (χ4n) is 3.44. The zero-order chi connectivity index (χ0) is 17.8. The molecule has 0 aromatic heterocycles. The Morgan fingerprint density at radius 2 is 2.04 bits per heavy atom. The Labute approximate surface area is 159 Å². The van der Waals surface area contributed by atoms with Gasteiger partial charge in [0.15, 0.2) is 0 Å². The summed E-state index contributed by atoms with van der Waals surface area (Å²) in [5.74, 6) is 0.872. The number of nitrogens with zero attached hydrogens (tertiary/aromatic N) is 2. The molecule has 2 aromatic rings. The Morgan fingerprint density at radius 1 is 1.27 bits per heavy atom. The number of benzene rings is 2. The van der Waals surface area contributed by atoms with E-state index in [-0.39, 0.29) is 29.1 Å². The molecule has 3 rings (SSSR count). The van der Waals surface area contributed by atoms with E-state index in [0.29, 0.717) is 6.54 Å². The van der Waals surface area contributed by atoms with Crippen LogP contribution in [0.5, 0.6) is 5.75 Å². The summed E-state index contributed by atoms with van der Waals surface area (Å²) in [4.78, 5) is 13.3. The summed E-state index contributed by atoms with van der Waals surface area (Å²) in [6.45, 7) is 5.12. The fourth-order valence-corrected chi connectivity index (χ4v) is 3.44. The topological polar surface area (TPSA) is 67.6 Å². The van der Waals surface area contributed by atoms with Gasteiger partial charge in [-0.25, -0.2) is 0 Å². The number of nitrogens with one attached hydrogen (secondary N) is 1. The van der Waals surface area contributed by atoms with Gasteiger partial charge in [-0.2, -0.15) is 0 Å². The van der Waals surface area contributed by atoms with Crippen molar-refractivity contribution < 1.29 is 9.66 Å². The molecule has 1 N–H and O–H groups in total. The van der Waals surface area contributed by atoms with Gasteiger partial charge in [-0.05, 0) is 18.6 Å². The molecular weight excluding hydrogens is 354 g/mol. The maximum Gasteiger partial charge on any atom is 0.272 e. The molecule has 0 saturated carbocycles. The molecule has 26 heavy (non-hydrogen) atoms. The molecule has 2 aromatic carbocycles. The third-order valence-corrected chi connectivity index (χ3v) is 4.84. The van der Waals surface area contributed by atoms with E-state index in [9.17, 15) is 10.1 Å². The summed E-state index contributed by atoms with van der Waals surface area (Å²) in [6, 6.07) is 13.5. The maximum atomic E-state index is 11.2. The zero-order valence-electron chi connectivity index (χ0n) is 15.0. The minimum atomic E-state index is -0.311. The average Bonchev–Trinajstić information content (AvgIpc) is 2.63. The van der Waals surface area contributed by atoms with Crippen molar-refractivity contribution in [3.05, 3.63) is 69.3 Å². The predicted octanol–water partition coefficient (Wildman–Crippen LogP) is 3.48. The number of rotatable bonds is 5. The molecule has 140 valence electrons. The van der Waals surface area contributed by atoms with Gasteiger partial charge in [0.1, 0.15) is 5.75 Å². The summed E-state index contributed by atoms with van der Waals surface area (Å²) >= 11 is 0. The molecule has 0 spiro atoms. The Hall–Kier alpha value is -2.15. The van der Waals surface area contributed by atoms with Crippen molar-refractivity contribution in [2.24, 2.45) is 0 Å². The molecule has 1 fully saturated rings. The summed E-state index contributed by atoms with van der Waals surface area (Å²) < 4.78 is 5.53. The van der Waals surface area contributed by atoms with Crippen LogP contribution in [0.2, 0.25) is 0 Å². The number of methoxy groups -OCH3 is 1. The van der Waals surface area contributed by atoms with Crippen molar-refractivity contribution in [2.75, 3.05) is 26.7 Å². The van der Waals surface area contributed by atoms with Crippen LogP contribution in [0, 0.1) is 17.0 Å². The van der Waals surface area contributed by atoms with Gasteiger partial charge < -0.3 is 10.1 Å². The first-order valence-electron chi connectivity index (χ1n) is 8.42. The van der Waals surface area contributed by atoms with E-state index in [2.05, 4.69) is 16.3 Å². The molecule has 0 aliphatic carbocycles. The molecule has 1 atom stereocenters. The van der Waals surface area contributed by atoms with Crippen molar-refractivity contribution in [3.63, 3.8) is 0 Å². The molecule has 0 bridgehead atoms. The van der Waals surface area contributed by atoms with E-state index in [1.54, 1.807) is 19.2 Å². The van der Waals surface area contributed by atoms with Crippen molar-refractivity contribution in [3.8, 4) is 5.75 Å². The molecule has 1 heterocycles. The first-order chi connectivity index (χ1) is 12.1. The standard InChI is InChI=1S/C19H23N3O3.ClH/c1-14-15(6-5-8-17(14)22(23)24)13-21-11-10-20-12-18(21)16-7-3-4-9-19(16)25-2;/h3-9,18,20H,10-13H2,1-2H3;1H. The van der Waals surface area contributed by atoms with Crippen LogP contribution in [0.25, 0.3) is 0 Å². The predicted molar refractivity (Wildman–Crippen MR) is 104 cm³/mol. The van der Waals surface area contributed by atoms with Crippen LogP contribution in [-0.2, 0) is 6.54 Å². The number of nitro groups is 1. The second-order valence-corrected chi connectivity index (χ2v) is 6.25. The number of nitro benzene ring substituents is 1. The van der Waals surface area contributed by atoms with Gasteiger partial charge in [-0.15, -0.1) is 12.4 Å². The number of para-hydroxylation sites is 1. The van der Waals surface area contributed by atoms with Gasteiger partial charge >= 0.3 is 0 Å². The van der Waals surface area contributed by atoms with Crippen LogP contribution in [0.4, 0.5) is 5.69 Å². The second kappa shape index (κ2) is 8.98. The lowest BCUT2D eigenvalue weighted by Gasteiger charge is -2.37. The third kappa shape index (κ3) is 4.15. The van der Waals surface area contributed by atoms with Crippen LogP contribution < -0.4 is 10.1 Å². The molecule has 1 saturated heterocycles. The van der Waals surface area contributed by atoms with Gasteiger partial charge in [0, 0.05) is 43.4 Å². The normalized spacial score (nSPS) is 17.4. The summed E-state index contributed by atoms with van der Waals surface area (Å²) in [6.07, 6.45) is 0. The van der Waals surface area contributed by atoms with Crippen LogP contribution in [-0.4, -0.2) is 36.6 Å². The second-order valence-electron chi connectivity index (χ2n) is 6.25. The van der Waals surface area contributed by atoms with E-state index >= 15 is 0 Å². The highest BCUT2D eigenvalue weighted by molar-refractivity contribution is 5.85. The van der Waals surface area contributed by atoms with E-state index in [1.165, 1.54) is 0 Å². The molecule has 7 heteroatoms. The lowest BCUT2D eigenvalue weighted by molar-refractivity contribution is -0.385. The molecule has 1 aliphatic rings. The number of hydrogen-bond acceptors (Lipinski definition) is 5. The Kier molecular flexibility index (Phi) is 6.97. The maximum absolute atomic E-state index is 11.2. The third-order valence-electron chi connectivity index (χ3n) is 4.84. The van der Waals surface area contributed by atoms with Gasteiger partial charge in [0.05, 0.1) is 18.1 Å². The molecule has 0 amide bonds. The zero-order valence-corrected chi connectivity index (χ0v) is 15.8. The van der Waals surface area contributed by atoms with Crippen molar-refractivity contribution in [2.45, 2.75) is 19.5 Å². The molecule has 6 nitrogen and oxygen atoms in total. The summed E-state index contributed by atoms with van der Waals surface area (Å²) in [5, 5.41) is 14.6. The number of ether oxygens (including phenoxy) is 1. The first kappa shape index (κ1) is 20.2. The fraction of sp³-hybridized carbons (Fsp3) is 0.368. The minimum Gasteiger partial charge on any atom is -0.496 e. The number of piperazine rings is 1. The van der Waals surface area contributed by atoms with E-state index in [1.807, 2.05) is 31.2 Å². The largest absolute Gasteiger partial charge is 0.496 e. The van der Waals surface area contributed by atoms with Crippen LogP contribution in [0.15, 0.2) is 42.5 Å². The first-order valence-corrected chi connectivity index (χ1v) is 8.42. The lowest BCUT2D eigenvalue weighted by atomic mass is 9.99. The van der Waals surface area contributed by atoms with Gasteiger partial charge in [0.25, 0.3) is 5.69 Å². The van der Waals surface area contributed by atoms with Gasteiger partial charge in [-0.3, -0.25) is 15.0 Å². The minimum absolute atomic E-state index is 0. The Balaban J connectivity index is 0.00000243. The van der Waals surface area contributed by atoms with Crippen molar-refractivity contribution in [1.29, 1.82) is 0 Å². The van der Waals surface area contributed by atoms with E-state index in [4.69, 9.17) is 4.74 Å². The highest BCUT2D eigenvalue weighted by Gasteiger charge is 2.27. The van der Waals surface area contributed by atoms with E-state index < -0.39 is 0 Å². The number of halogens is 1. The van der Waals surface area contributed by atoms with Crippen molar-refractivity contribution in [1.82, 2.24) is 10.2 Å². The quantitative estimate of drug-likeness (QED) is 0.638.